The van der Waals surface area contributed by atoms with Crippen LogP contribution in [0, 0.1) is 5.92 Å². The zero-order valence-corrected chi connectivity index (χ0v) is 11.7. The second-order valence-corrected chi connectivity index (χ2v) is 5.19. The van der Waals surface area contributed by atoms with Gasteiger partial charge in [-0.15, -0.1) is 10.2 Å². The molecule has 5 nitrogen and oxygen atoms in total. The van der Waals surface area contributed by atoms with Crippen LogP contribution in [0.2, 0.25) is 0 Å². The molecule has 0 saturated heterocycles. The summed E-state index contributed by atoms with van der Waals surface area (Å²) in [7, 11) is 1.69. The fourth-order valence-corrected chi connectivity index (χ4v) is 2.83. The minimum absolute atomic E-state index is 0.357. The molecule has 2 aromatic rings. The zero-order valence-electron chi connectivity index (χ0n) is 11.7. The summed E-state index contributed by atoms with van der Waals surface area (Å²) in [6.45, 7) is 2.21. The third-order valence-electron chi connectivity index (χ3n) is 3.98. The summed E-state index contributed by atoms with van der Waals surface area (Å²) in [6.07, 6.45) is 4.42. The summed E-state index contributed by atoms with van der Waals surface area (Å²) in [5.41, 5.74) is 2.66. The van der Waals surface area contributed by atoms with Crippen LogP contribution in [0.5, 0.6) is 5.75 Å². The third-order valence-corrected chi connectivity index (χ3v) is 3.98. The smallest absolute Gasteiger partial charge is 0.178 e. The molecule has 1 N–H and O–H groups in total. The Morgan fingerprint density at radius 1 is 1.25 bits per heavy atom. The Bertz CT molecular complexity index is 589. The second-order valence-electron chi connectivity index (χ2n) is 5.19. The van der Waals surface area contributed by atoms with E-state index in [1.54, 1.807) is 7.11 Å². The number of tetrazole rings is 1. The Hall–Kier alpha value is -2.17. The van der Waals surface area contributed by atoms with E-state index in [1.807, 2.05) is 12.1 Å². The number of methoxy groups -OCH3 is 1. The summed E-state index contributed by atoms with van der Waals surface area (Å²) in [6, 6.07) is 8.25. The first-order chi connectivity index (χ1) is 9.78. The van der Waals surface area contributed by atoms with Crippen molar-refractivity contribution in [2.75, 3.05) is 7.11 Å². The van der Waals surface area contributed by atoms with Crippen LogP contribution in [0.4, 0.5) is 0 Å². The molecule has 0 bridgehead atoms. The Labute approximate surface area is 118 Å². The summed E-state index contributed by atoms with van der Waals surface area (Å²) in [5, 5.41) is 14.4. The number of aromatic nitrogens is 4. The van der Waals surface area contributed by atoms with Gasteiger partial charge in [0.2, 0.25) is 0 Å². The highest BCUT2D eigenvalue weighted by molar-refractivity contribution is 5.67. The molecule has 0 amide bonds. The maximum Gasteiger partial charge on any atom is 0.178 e. The van der Waals surface area contributed by atoms with E-state index in [-0.39, 0.29) is 0 Å². The minimum Gasteiger partial charge on any atom is -0.497 e. The summed E-state index contributed by atoms with van der Waals surface area (Å²) in [4.78, 5) is 0. The maximum absolute atomic E-state index is 5.20. The Balaban J connectivity index is 1.80. The van der Waals surface area contributed by atoms with E-state index in [0.29, 0.717) is 11.8 Å². The lowest BCUT2D eigenvalue weighted by Gasteiger charge is -2.25. The van der Waals surface area contributed by atoms with Crippen molar-refractivity contribution in [3.05, 3.63) is 41.7 Å². The van der Waals surface area contributed by atoms with Crippen LogP contribution >= 0.6 is 0 Å². The Morgan fingerprint density at radius 2 is 2.05 bits per heavy atom. The number of nitrogens with zero attached hydrogens (tertiary/aromatic N) is 3. The molecule has 20 heavy (non-hydrogen) atoms. The van der Waals surface area contributed by atoms with Gasteiger partial charge >= 0.3 is 0 Å². The number of aromatic amines is 1. The largest absolute Gasteiger partial charge is 0.497 e. The monoisotopic (exact) mass is 270 g/mol. The van der Waals surface area contributed by atoms with Crippen molar-refractivity contribution in [3.63, 3.8) is 0 Å². The average Bonchev–Trinajstić information content (AvgIpc) is 3.01. The van der Waals surface area contributed by atoms with Crippen LogP contribution in [0.1, 0.15) is 37.1 Å². The van der Waals surface area contributed by atoms with Gasteiger partial charge in [0, 0.05) is 5.92 Å². The van der Waals surface area contributed by atoms with Gasteiger partial charge < -0.3 is 4.74 Å². The van der Waals surface area contributed by atoms with Crippen LogP contribution in [-0.2, 0) is 0 Å². The third kappa shape index (κ3) is 2.43. The van der Waals surface area contributed by atoms with Gasteiger partial charge in [0.25, 0.3) is 0 Å². The number of ether oxygens (including phenoxy) is 1. The number of H-pyrrole nitrogens is 1. The molecule has 1 aliphatic rings. The van der Waals surface area contributed by atoms with E-state index in [1.165, 1.54) is 11.1 Å². The number of rotatable bonds is 3. The fraction of sp³-hybridized carbons (Fsp3) is 0.400. The summed E-state index contributed by atoms with van der Waals surface area (Å²) < 4.78 is 5.20. The van der Waals surface area contributed by atoms with Crippen LogP contribution in [0.15, 0.2) is 30.3 Å². The van der Waals surface area contributed by atoms with E-state index in [4.69, 9.17) is 4.74 Å². The molecule has 0 saturated carbocycles. The van der Waals surface area contributed by atoms with Gasteiger partial charge in [-0.25, -0.2) is 0 Å². The molecule has 0 radical (unpaired) electrons. The molecular formula is C15H18N4O. The van der Waals surface area contributed by atoms with Crippen LogP contribution in [0.25, 0.3) is 5.57 Å². The molecule has 0 fully saturated rings. The van der Waals surface area contributed by atoms with Gasteiger partial charge in [-0.05, 0) is 42.0 Å². The number of hydrogen-bond acceptors (Lipinski definition) is 4. The van der Waals surface area contributed by atoms with Crippen molar-refractivity contribution < 1.29 is 4.74 Å². The fourth-order valence-electron chi connectivity index (χ4n) is 2.83. The lowest BCUT2D eigenvalue weighted by atomic mass is 9.79. The maximum atomic E-state index is 5.20. The van der Waals surface area contributed by atoms with E-state index < -0.39 is 0 Å². The minimum atomic E-state index is 0.357. The van der Waals surface area contributed by atoms with Gasteiger partial charge in [0.1, 0.15) is 5.75 Å². The first-order valence-corrected chi connectivity index (χ1v) is 6.86. The molecule has 1 aromatic heterocycles. The van der Waals surface area contributed by atoms with Gasteiger partial charge in [-0.3, -0.25) is 0 Å². The lowest BCUT2D eigenvalue weighted by molar-refractivity contribution is 0.414. The first-order valence-electron chi connectivity index (χ1n) is 6.86. The van der Waals surface area contributed by atoms with Gasteiger partial charge in [0.15, 0.2) is 5.82 Å². The molecule has 0 aliphatic heterocycles. The molecule has 0 unspecified atom stereocenters. The van der Waals surface area contributed by atoms with Crippen molar-refractivity contribution in [1.82, 2.24) is 20.6 Å². The first kappa shape index (κ1) is 12.8. The normalized spacial score (nSPS) is 22.4. The molecule has 1 aliphatic carbocycles. The topological polar surface area (TPSA) is 63.7 Å². The quantitative estimate of drug-likeness (QED) is 0.931. The predicted octanol–water partition coefficient (Wildman–Crippen LogP) is 2.81. The molecule has 2 atom stereocenters. The molecule has 104 valence electrons. The van der Waals surface area contributed by atoms with Crippen LogP contribution in [0.3, 0.4) is 0 Å². The molecule has 0 spiro atoms. The lowest BCUT2D eigenvalue weighted by Crippen LogP contribution is -2.14. The highest BCUT2D eigenvalue weighted by Gasteiger charge is 2.26. The van der Waals surface area contributed by atoms with E-state index in [0.717, 1.165) is 24.4 Å². The van der Waals surface area contributed by atoms with E-state index in [9.17, 15) is 0 Å². The SMILES string of the molecule is COc1ccc(C2=C[C@H](C)[C@H](c3nn[nH]n3)CC2)cc1. The van der Waals surface area contributed by atoms with Gasteiger partial charge in [0.05, 0.1) is 7.11 Å². The number of nitrogens with one attached hydrogen (secondary N) is 1. The van der Waals surface area contributed by atoms with Crippen LogP contribution in [-0.4, -0.2) is 27.7 Å². The Kier molecular flexibility index (Phi) is 3.50. The second kappa shape index (κ2) is 5.45. The summed E-state index contributed by atoms with van der Waals surface area (Å²) >= 11 is 0. The molecule has 3 rings (SSSR count). The van der Waals surface area contributed by atoms with Gasteiger partial charge in [-0.1, -0.05) is 30.3 Å². The van der Waals surface area contributed by atoms with E-state index >= 15 is 0 Å². The number of hydrogen-bond donors (Lipinski definition) is 1. The molecule has 5 heteroatoms. The average molecular weight is 270 g/mol. The van der Waals surface area contributed by atoms with Crippen molar-refractivity contribution in [3.8, 4) is 5.75 Å². The molecular weight excluding hydrogens is 252 g/mol. The van der Waals surface area contributed by atoms with Crippen molar-refractivity contribution in [2.24, 2.45) is 5.92 Å². The summed E-state index contributed by atoms with van der Waals surface area (Å²) in [5.74, 6) is 2.49. The van der Waals surface area contributed by atoms with Gasteiger partial charge in [-0.2, -0.15) is 5.21 Å². The Morgan fingerprint density at radius 3 is 2.65 bits per heavy atom. The number of benzene rings is 1. The standard InChI is InChI=1S/C15H18N4O/c1-10-9-12(11-3-6-13(20-2)7-4-11)5-8-14(10)15-16-18-19-17-15/h3-4,6-7,9-10,14H,5,8H2,1-2H3,(H,16,17,18,19)/t10-,14+/m0/s1. The van der Waals surface area contributed by atoms with Crippen molar-refractivity contribution >= 4 is 5.57 Å². The van der Waals surface area contributed by atoms with Crippen molar-refractivity contribution in [1.29, 1.82) is 0 Å². The van der Waals surface area contributed by atoms with Crippen LogP contribution < -0.4 is 4.74 Å². The zero-order chi connectivity index (χ0) is 13.9. The predicted molar refractivity (Wildman–Crippen MR) is 76.3 cm³/mol. The van der Waals surface area contributed by atoms with E-state index in [2.05, 4.69) is 45.8 Å². The molecule has 1 heterocycles. The van der Waals surface area contributed by atoms with Crippen molar-refractivity contribution in [2.45, 2.75) is 25.7 Å². The molecule has 1 aromatic carbocycles. The highest BCUT2D eigenvalue weighted by Crippen LogP contribution is 2.38. The highest BCUT2D eigenvalue weighted by atomic mass is 16.5. The number of allylic oxidation sites excluding steroid dienone is 2.